The van der Waals surface area contributed by atoms with Crippen LogP contribution in [0.25, 0.3) is 0 Å². The molecular formula is C17H29ClN2O2S. The van der Waals surface area contributed by atoms with E-state index in [0.29, 0.717) is 18.0 Å². The summed E-state index contributed by atoms with van der Waals surface area (Å²) in [4.78, 5) is 0.380. The Labute approximate surface area is 146 Å². The molecule has 0 saturated carbocycles. The molecule has 0 aromatic heterocycles. The number of hydrogen-bond acceptors (Lipinski definition) is 3. The second-order valence-corrected chi connectivity index (χ2v) is 9.34. The zero-order valence-corrected chi connectivity index (χ0v) is 16.1. The maximum Gasteiger partial charge on any atom is 0.243 e. The van der Waals surface area contributed by atoms with Gasteiger partial charge in [0.15, 0.2) is 0 Å². The van der Waals surface area contributed by atoms with Crippen LogP contribution in [0.5, 0.6) is 0 Å². The van der Waals surface area contributed by atoms with Gasteiger partial charge < -0.3 is 5.73 Å². The Balaban J connectivity index is 0.00000264. The molecule has 1 heterocycles. The first kappa shape index (κ1) is 20.4. The molecule has 0 bridgehead atoms. The third kappa shape index (κ3) is 4.69. The summed E-state index contributed by atoms with van der Waals surface area (Å²) in [6.45, 7) is 9.43. The van der Waals surface area contributed by atoms with Crippen molar-refractivity contribution in [1.82, 2.24) is 4.31 Å². The molecule has 132 valence electrons. The second kappa shape index (κ2) is 7.51. The SMILES string of the molecule is CC(N)C1CCCN(S(=O)(=O)c2ccc(C(C)(C)C)cc2)C1.Cl. The van der Waals surface area contributed by atoms with Crippen molar-refractivity contribution in [2.45, 2.75) is 56.9 Å². The lowest BCUT2D eigenvalue weighted by Gasteiger charge is -2.33. The molecule has 0 spiro atoms. The van der Waals surface area contributed by atoms with Crippen LogP contribution in [-0.2, 0) is 15.4 Å². The maximum atomic E-state index is 12.8. The predicted octanol–water partition coefficient (Wildman–Crippen LogP) is 3.15. The quantitative estimate of drug-likeness (QED) is 0.900. The predicted molar refractivity (Wildman–Crippen MR) is 97.5 cm³/mol. The van der Waals surface area contributed by atoms with Gasteiger partial charge in [-0.3, -0.25) is 0 Å². The van der Waals surface area contributed by atoms with Gasteiger partial charge in [0.25, 0.3) is 0 Å². The van der Waals surface area contributed by atoms with Crippen LogP contribution in [0.15, 0.2) is 29.2 Å². The number of nitrogens with zero attached hydrogens (tertiary/aromatic N) is 1. The first-order valence-electron chi connectivity index (χ1n) is 7.98. The van der Waals surface area contributed by atoms with Gasteiger partial charge in [-0.1, -0.05) is 32.9 Å². The van der Waals surface area contributed by atoms with Gasteiger partial charge in [0.1, 0.15) is 0 Å². The van der Waals surface area contributed by atoms with Gasteiger partial charge in [-0.05, 0) is 48.8 Å². The van der Waals surface area contributed by atoms with Gasteiger partial charge in [0, 0.05) is 19.1 Å². The monoisotopic (exact) mass is 360 g/mol. The van der Waals surface area contributed by atoms with Crippen molar-refractivity contribution in [3.8, 4) is 0 Å². The van der Waals surface area contributed by atoms with E-state index in [-0.39, 0.29) is 29.8 Å². The van der Waals surface area contributed by atoms with Crippen LogP contribution >= 0.6 is 12.4 Å². The highest BCUT2D eigenvalue weighted by atomic mass is 35.5. The lowest BCUT2D eigenvalue weighted by atomic mass is 9.87. The Bertz CT molecular complexity index is 606. The molecule has 1 saturated heterocycles. The van der Waals surface area contributed by atoms with E-state index in [1.165, 1.54) is 0 Å². The van der Waals surface area contributed by atoms with Gasteiger partial charge in [-0.15, -0.1) is 12.4 Å². The van der Waals surface area contributed by atoms with Crippen LogP contribution in [0, 0.1) is 5.92 Å². The second-order valence-electron chi connectivity index (χ2n) is 7.40. The van der Waals surface area contributed by atoms with E-state index in [9.17, 15) is 8.42 Å². The number of piperidine rings is 1. The van der Waals surface area contributed by atoms with E-state index in [4.69, 9.17) is 5.73 Å². The minimum absolute atomic E-state index is 0. The molecule has 0 amide bonds. The van der Waals surface area contributed by atoms with Crippen LogP contribution in [0.1, 0.15) is 46.1 Å². The topological polar surface area (TPSA) is 63.4 Å². The Morgan fingerprint density at radius 3 is 2.26 bits per heavy atom. The molecule has 1 aliphatic rings. The van der Waals surface area contributed by atoms with E-state index < -0.39 is 10.0 Å². The molecule has 2 N–H and O–H groups in total. The minimum Gasteiger partial charge on any atom is -0.328 e. The number of hydrogen-bond donors (Lipinski definition) is 1. The van der Waals surface area contributed by atoms with Gasteiger partial charge in [-0.2, -0.15) is 4.31 Å². The number of nitrogens with two attached hydrogens (primary N) is 1. The first-order valence-corrected chi connectivity index (χ1v) is 9.42. The molecule has 0 radical (unpaired) electrons. The van der Waals surface area contributed by atoms with Crippen molar-refractivity contribution in [3.05, 3.63) is 29.8 Å². The van der Waals surface area contributed by atoms with E-state index in [1.807, 2.05) is 19.1 Å². The number of sulfonamides is 1. The molecule has 6 heteroatoms. The Morgan fingerprint density at radius 2 is 1.78 bits per heavy atom. The molecular weight excluding hydrogens is 332 g/mol. The van der Waals surface area contributed by atoms with Crippen molar-refractivity contribution in [2.24, 2.45) is 11.7 Å². The number of benzene rings is 1. The first-order chi connectivity index (χ1) is 10.1. The highest BCUT2D eigenvalue weighted by Crippen LogP contribution is 2.27. The van der Waals surface area contributed by atoms with Crippen molar-refractivity contribution in [1.29, 1.82) is 0 Å². The lowest BCUT2D eigenvalue weighted by molar-refractivity contribution is 0.243. The van der Waals surface area contributed by atoms with Crippen LogP contribution < -0.4 is 5.73 Å². The molecule has 1 aromatic carbocycles. The van der Waals surface area contributed by atoms with Crippen molar-refractivity contribution < 1.29 is 8.42 Å². The summed E-state index contributed by atoms with van der Waals surface area (Å²) >= 11 is 0. The molecule has 0 aliphatic carbocycles. The fourth-order valence-electron chi connectivity index (χ4n) is 2.90. The zero-order valence-electron chi connectivity index (χ0n) is 14.5. The van der Waals surface area contributed by atoms with E-state index in [1.54, 1.807) is 16.4 Å². The molecule has 1 aromatic rings. The summed E-state index contributed by atoms with van der Waals surface area (Å²) < 4.78 is 27.2. The third-order valence-electron chi connectivity index (χ3n) is 4.52. The van der Waals surface area contributed by atoms with Gasteiger partial charge in [0.2, 0.25) is 10.0 Å². The van der Waals surface area contributed by atoms with Gasteiger partial charge in [0.05, 0.1) is 4.90 Å². The van der Waals surface area contributed by atoms with Crippen molar-refractivity contribution in [2.75, 3.05) is 13.1 Å². The smallest absolute Gasteiger partial charge is 0.243 e. The number of halogens is 1. The summed E-state index contributed by atoms with van der Waals surface area (Å²) in [5, 5.41) is 0. The van der Waals surface area contributed by atoms with Gasteiger partial charge in [-0.25, -0.2) is 8.42 Å². The van der Waals surface area contributed by atoms with Gasteiger partial charge >= 0.3 is 0 Å². The fraction of sp³-hybridized carbons (Fsp3) is 0.647. The largest absolute Gasteiger partial charge is 0.328 e. The highest BCUT2D eigenvalue weighted by Gasteiger charge is 2.31. The minimum atomic E-state index is -3.41. The zero-order chi connectivity index (χ0) is 16.5. The molecule has 23 heavy (non-hydrogen) atoms. The van der Waals surface area contributed by atoms with Crippen LogP contribution in [-0.4, -0.2) is 31.9 Å². The molecule has 4 nitrogen and oxygen atoms in total. The average molecular weight is 361 g/mol. The maximum absolute atomic E-state index is 12.8. The summed E-state index contributed by atoms with van der Waals surface area (Å²) in [5.41, 5.74) is 7.12. The summed E-state index contributed by atoms with van der Waals surface area (Å²) in [6.07, 6.45) is 1.89. The fourth-order valence-corrected chi connectivity index (χ4v) is 4.43. The highest BCUT2D eigenvalue weighted by molar-refractivity contribution is 7.89. The van der Waals surface area contributed by atoms with E-state index in [0.717, 1.165) is 18.4 Å². The molecule has 1 aliphatic heterocycles. The van der Waals surface area contributed by atoms with E-state index in [2.05, 4.69) is 20.8 Å². The summed E-state index contributed by atoms with van der Waals surface area (Å²) in [7, 11) is -3.41. The average Bonchev–Trinajstić information content (AvgIpc) is 2.46. The van der Waals surface area contributed by atoms with E-state index >= 15 is 0 Å². The Hall–Kier alpha value is -0.620. The normalized spacial score (nSPS) is 21.5. The third-order valence-corrected chi connectivity index (χ3v) is 6.40. The molecule has 2 atom stereocenters. The summed E-state index contributed by atoms with van der Waals surface area (Å²) in [6, 6.07) is 7.32. The lowest BCUT2D eigenvalue weighted by Crippen LogP contribution is -2.44. The number of rotatable bonds is 3. The Morgan fingerprint density at radius 1 is 1.22 bits per heavy atom. The van der Waals surface area contributed by atoms with Crippen LogP contribution in [0.2, 0.25) is 0 Å². The van der Waals surface area contributed by atoms with Crippen molar-refractivity contribution >= 4 is 22.4 Å². The molecule has 2 unspecified atom stereocenters. The molecule has 1 fully saturated rings. The van der Waals surface area contributed by atoms with Crippen LogP contribution in [0.3, 0.4) is 0 Å². The Kier molecular flexibility index (Phi) is 6.67. The van der Waals surface area contributed by atoms with Crippen molar-refractivity contribution in [3.63, 3.8) is 0 Å². The standard InChI is InChI=1S/C17H28N2O2S.ClH/c1-13(18)14-6-5-11-19(12-14)22(20,21)16-9-7-15(8-10-16)17(2,3)4;/h7-10,13-14H,5-6,11-12,18H2,1-4H3;1H. The molecule has 2 rings (SSSR count). The summed E-state index contributed by atoms with van der Waals surface area (Å²) in [5.74, 6) is 0.248. The van der Waals surface area contributed by atoms with Crippen LogP contribution in [0.4, 0.5) is 0 Å².